The van der Waals surface area contributed by atoms with Gasteiger partial charge in [0.05, 0.1) is 23.7 Å². The molecule has 1 aliphatic heterocycles. The number of rotatable bonds is 3. The van der Waals surface area contributed by atoms with E-state index in [1.807, 2.05) is 0 Å². The molecule has 7 heteroatoms. The summed E-state index contributed by atoms with van der Waals surface area (Å²) in [5.74, 6) is -1.71. The third kappa shape index (κ3) is 2.39. The van der Waals surface area contributed by atoms with Crippen molar-refractivity contribution in [2.75, 3.05) is 6.54 Å². The van der Waals surface area contributed by atoms with Crippen LogP contribution in [0.25, 0.3) is 6.08 Å². The number of carbonyl (C=O) groups is 3. The minimum absolute atomic E-state index is 0.131. The van der Waals surface area contributed by atoms with Crippen LogP contribution >= 0.6 is 11.8 Å². The van der Waals surface area contributed by atoms with E-state index >= 15 is 0 Å². The zero-order valence-electron chi connectivity index (χ0n) is 8.41. The highest BCUT2D eigenvalue weighted by molar-refractivity contribution is 8.18. The fraction of sp³-hybridized carbons (Fsp3) is 0.100. The Kier molecular flexibility index (Phi) is 3.01. The van der Waals surface area contributed by atoms with Gasteiger partial charge in [-0.05, 0) is 23.9 Å². The smallest absolute Gasteiger partial charge is 0.293 e. The number of imide groups is 1. The number of hydrogen-bond acceptors (Lipinski definition) is 6. The van der Waals surface area contributed by atoms with Crippen LogP contribution in [0.3, 0.4) is 0 Å². The van der Waals surface area contributed by atoms with Crippen molar-refractivity contribution in [1.82, 2.24) is 4.90 Å². The van der Waals surface area contributed by atoms with E-state index in [0.717, 1.165) is 0 Å². The number of nitrogens with zero attached hydrogens (tertiary/aromatic N) is 1. The van der Waals surface area contributed by atoms with Crippen LogP contribution in [0.15, 0.2) is 27.7 Å². The van der Waals surface area contributed by atoms with Crippen molar-refractivity contribution in [1.29, 1.82) is 0 Å². The molecule has 88 valence electrons. The minimum Gasteiger partial charge on any atom is -0.548 e. The third-order valence-corrected chi connectivity index (χ3v) is 2.88. The van der Waals surface area contributed by atoms with Gasteiger partial charge >= 0.3 is 0 Å². The molecule has 0 radical (unpaired) electrons. The molecule has 0 aliphatic carbocycles. The van der Waals surface area contributed by atoms with Gasteiger partial charge in [-0.3, -0.25) is 14.5 Å². The Bertz CT molecular complexity index is 505. The molecule has 0 aromatic carbocycles. The highest BCUT2D eigenvalue weighted by Gasteiger charge is 2.35. The number of carbonyl (C=O) groups excluding carboxylic acids is 3. The molecule has 6 nitrogen and oxygen atoms in total. The van der Waals surface area contributed by atoms with E-state index in [4.69, 9.17) is 4.42 Å². The number of amides is 2. The van der Waals surface area contributed by atoms with Crippen LogP contribution in [-0.4, -0.2) is 28.6 Å². The largest absolute Gasteiger partial charge is 0.548 e. The molecule has 0 unspecified atom stereocenters. The second-order valence-electron chi connectivity index (χ2n) is 3.16. The Labute approximate surface area is 99.9 Å². The summed E-state index contributed by atoms with van der Waals surface area (Å²) in [6.45, 7) is -0.736. The molecule has 1 aromatic rings. The van der Waals surface area contributed by atoms with Crippen LogP contribution in [0.5, 0.6) is 0 Å². The number of hydrogen-bond donors (Lipinski definition) is 0. The predicted molar refractivity (Wildman–Crippen MR) is 56.4 cm³/mol. The van der Waals surface area contributed by atoms with Crippen molar-refractivity contribution in [2.45, 2.75) is 0 Å². The van der Waals surface area contributed by atoms with Crippen molar-refractivity contribution in [3.8, 4) is 0 Å². The first-order valence-corrected chi connectivity index (χ1v) is 5.38. The molecule has 1 aromatic heterocycles. The van der Waals surface area contributed by atoms with E-state index in [1.165, 1.54) is 12.3 Å². The second kappa shape index (κ2) is 4.46. The van der Waals surface area contributed by atoms with Gasteiger partial charge in [-0.25, -0.2) is 0 Å². The fourth-order valence-corrected chi connectivity index (χ4v) is 2.09. The topological polar surface area (TPSA) is 90.7 Å². The van der Waals surface area contributed by atoms with Crippen LogP contribution in [0, 0.1) is 0 Å². The van der Waals surface area contributed by atoms with Crippen LogP contribution in [0.1, 0.15) is 5.76 Å². The third-order valence-electron chi connectivity index (χ3n) is 1.98. The van der Waals surface area contributed by atoms with Crippen LogP contribution in [0.2, 0.25) is 0 Å². The lowest BCUT2D eigenvalue weighted by molar-refractivity contribution is -0.305. The van der Waals surface area contributed by atoms with Gasteiger partial charge in [0.15, 0.2) is 0 Å². The van der Waals surface area contributed by atoms with Gasteiger partial charge in [0.25, 0.3) is 11.1 Å². The average molecular weight is 252 g/mol. The Morgan fingerprint density at radius 2 is 2.29 bits per heavy atom. The Hall–Kier alpha value is -2.02. The van der Waals surface area contributed by atoms with Gasteiger partial charge in [0.1, 0.15) is 5.76 Å². The first kappa shape index (κ1) is 11.5. The zero-order valence-corrected chi connectivity index (χ0v) is 9.23. The first-order chi connectivity index (χ1) is 8.08. The molecule has 0 bridgehead atoms. The maximum atomic E-state index is 11.7. The molecule has 2 amide bonds. The summed E-state index contributed by atoms with van der Waals surface area (Å²) >= 11 is 0.669. The predicted octanol–water partition coefficient (Wildman–Crippen LogP) is 0.0658. The monoisotopic (exact) mass is 252 g/mol. The van der Waals surface area contributed by atoms with E-state index in [0.29, 0.717) is 22.4 Å². The van der Waals surface area contributed by atoms with Crippen LogP contribution in [0.4, 0.5) is 4.79 Å². The number of furan rings is 1. The molecule has 1 saturated heterocycles. The number of carboxylic acid groups (broad SMARTS) is 1. The Balaban J connectivity index is 2.21. The highest BCUT2D eigenvalue weighted by atomic mass is 32.2. The zero-order chi connectivity index (χ0) is 12.4. The summed E-state index contributed by atoms with van der Waals surface area (Å²) in [5.41, 5.74) is 0. The van der Waals surface area contributed by atoms with Crippen molar-refractivity contribution in [3.63, 3.8) is 0 Å². The van der Waals surface area contributed by atoms with Gasteiger partial charge in [0, 0.05) is 6.08 Å². The average Bonchev–Trinajstić information content (AvgIpc) is 2.83. The fourth-order valence-electron chi connectivity index (χ4n) is 1.27. The van der Waals surface area contributed by atoms with Crippen molar-refractivity contribution >= 4 is 35.0 Å². The summed E-state index contributed by atoms with van der Waals surface area (Å²) < 4.78 is 4.99. The lowest BCUT2D eigenvalue weighted by Crippen LogP contribution is -2.40. The second-order valence-corrected chi connectivity index (χ2v) is 4.15. The van der Waals surface area contributed by atoms with Crippen LogP contribution in [-0.2, 0) is 9.59 Å². The molecule has 2 rings (SSSR count). The molecule has 2 heterocycles. The van der Waals surface area contributed by atoms with Crippen molar-refractivity contribution < 1.29 is 23.9 Å². The normalized spacial score (nSPS) is 18.1. The first-order valence-electron chi connectivity index (χ1n) is 4.56. The summed E-state index contributed by atoms with van der Waals surface area (Å²) in [6.07, 6.45) is 2.82. The van der Waals surface area contributed by atoms with E-state index in [9.17, 15) is 19.5 Å². The number of carboxylic acids is 1. The lowest BCUT2D eigenvalue weighted by Gasteiger charge is -2.11. The molecule has 1 fully saturated rings. The summed E-state index contributed by atoms with van der Waals surface area (Å²) in [7, 11) is 0. The maximum absolute atomic E-state index is 11.7. The molecule has 17 heavy (non-hydrogen) atoms. The van der Waals surface area contributed by atoms with E-state index < -0.39 is 23.7 Å². The Morgan fingerprint density at radius 3 is 2.88 bits per heavy atom. The number of aliphatic carboxylic acids is 1. The van der Waals surface area contributed by atoms with Crippen molar-refractivity contribution in [3.05, 3.63) is 29.1 Å². The van der Waals surface area contributed by atoms with Gasteiger partial charge in [-0.2, -0.15) is 0 Å². The van der Waals surface area contributed by atoms with Gasteiger partial charge in [-0.1, -0.05) is 0 Å². The molecular weight excluding hydrogens is 246 g/mol. The summed E-state index contributed by atoms with van der Waals surface area (Å²) in [5, 5.41) is 9.74. The summed E-state index contributed by atoms with van der Waals surface area (Å²) in [6, 6.07) is 3.25. The maximum Gasteiger partial charge on any atom is 0.293 e. The molecule has 0 N–H and O–H groups in total. The standard InChI is InChI=1S/C10H7NO5S/c12-8(13)5-11-9(14)7(17-10(11)15)4-6-2-1-3-16-6/h1-4H,5H2,(H,12,13)/p-1/b7-4-. The molecule has 1 aliphatic rings. The molecule has 0 atom stereocenters. The quantitative estimate of drug-likeness (QED) is 0.707. The van der Waals surface area contributed by atoms with Crippen LogP contribution < -0.4 is 5.11 Å². The van der Waals surface area contributed by atoms with Crippen molar-refractivity contribution in [2.24, 2.45) is 0 Å². The van der Waals surface area contributed by atoms with Gasteiger partial charge in [-0.15, -0.1) is 0 Å². The summed E-state index contributed by atoms with van der Waals surface area (Å²) in [4.78, 5) is 34.1. The van der Waals surface area contributed by atoms with E-state index in [2.05, 4.69) is 0 Å². The molecule has 0 saturated carbocycles. The lowest BCUT2D eigenvalue weighted by atomic mass is 10.3. The molecule has 0 spiro atoms. The van der Waals surface area contributed by atoms with Gasteiger partial charge < -0.3 is 14.3 Å². The number of thioether (sulfide) groups is 1. The van der Waals surface area contributed by atoms with E-state index in [1.54, 1.807) is 12.1 Å². The van der Waals surface area contributed by atoms with Gasteiger partial charge in [0.2, 0.25) is 0 Å². The highest BCUT2D eigenvalue weighted by Crippen LogP contribution is 2.31. The Morgan fingerprint density at radius 1 is 1.53 bits per heavy atom. The molecular formula is C10H6NO5S-. The van der Waals surface area contributed by atoms with E-state index in [-0.39, 0.29) is 4.91 Å². The minimum atomic E-state index is -1.48. The SMILES string of the molecule is O=C([O-])CN1C(=O)S/C(=C\c2ccco2)C1=O.